The van der Waals surface area contributed by atoms with Crippen LogP contribution in [0.2, 0.25) is 0 Å². The van der Waals surface area contributed by atoms with E-state index in [0.717, 1.165) is 32.6 Å². The Morgan fingerprint density at radius 3 is 2.20 bits per heavy atom. The van der Waals surface area contributed by atoms with Crippen LogP contribution in [0.4, 0.5) is 0 Å². The van der Waals surface area contributed by atoms with Gasteiger partial charge in [-0.15, -0.1) is 24.8 Å². The van der Waals surface area contributed by atoms with Gasteiger partial charge in [-0.05, 0) is 48.7 Å². The molecule has 3 aromatic carbocycles. The highest BCUT2D eigenvalue weighted by Crippen LogP contribution is 2.40. The first kappa shape index (κ1) is 24.4. The van der Waals surface area contributed by atoms with Crippen LogP contribution < -0.4 is 5.32 Å². The van der Waals surface area contributed by atoms with E-state index in [1.54, 1.807) is 0 Å². The molecule has 3 aromatic rings. The average Bonchev–Trinajstić information content (AvgIpc) is 2.75. The summed E-state index contributed by atoms with van der Waals surface area (Å²) in [5.74, 6) is 0. The van der Waals surface area contributed by atoms with Gasteiger partial charge in [-0.3, -0.25) is 0 Å². The van der Waals surface area contributed by atoms with Crippen molar-refractivity contribution >= 4 is 24.8 Å². The van der Waals surface area contributed by atoms with E-state index in [9.17, 15) is 0 Å². The van der Waals surface area contributed by atoms with E-state index in [0.29, 0.717) is 0 Å². The lowest BCUT2D eigenvalue weighted by molar-refractivity contribution is 0.296. The molecule has 0 saturated heterocycles. The molecule has 4 rings (SSSR count). The van der Waals surface area contributed by atoms with E-state index in [4.69, 9.17) is 0 Å². The van der Waals surface area contributed by atoms with Crippen LogP contribution >= 0.6 is 24.8 Å². The van der Waals surface area contributed by atoms with Crippen molar-refractivity contribution in [2.24, 2.45) is 0 Å². The van der Waals surface area contributed by atoms with Crippen molar-refractivity contribution in [2.45, 2.75) is 31.3 Å². The summed E-state index contributed by atoms with van der Waals surface area (Å²) in [5, 5.41) is 3.69. The molecule has 0 bridgehead atoms. The molecule has 160 valence electrons. The van der Waals surface area contributed by atoms with Crippen molar-refractivity contribution in [2.75, 3.05) is 20.1 Å². The number of nitrogens with zero attached hydrogens (tertiary/aromatic N) is 1. The first-order valence-electron chi connectivity index (χ1n) is 10.3. The molecule has 1 aliphatic heterocycles. The van der Waals surface area contributed by atoms with E-state index in [1.807, 2.05) is 0 Å². The highest BCUT2D eigenvalue weighted by atomic mass is 35.5. The zero-order valence-electron chi connectivity index (χ0n) is 17.6. The highest BCUT2D eigenvalue weighted by Gasteiger charge is 2.37. The van der Waals surface area contributed by atoms with Crippen LogP contribution in [-0.2, 0) is 18.5 Å². The molecular formula is C26H32Cl2N2. The van der Waals surface area contributed by atoms with Crippen molar-refractivity contribution in [1.82, 2.24) is 10.2 Å². The first-order valence-corrected chi connectivity index (χ1v) is 10.3. The van der Waals surface area contributed by atoms with Crippen LogP contribution in [0.15, 0.2) is 84.9 Å². The minimum atomic E-state index is 0. The normalized spacial score (nSPS) is 17.5. The van der Waals surface area contributed by atoms with Crippen LogP contribution in [0.5, 0.6) is 0 Å². The van der Waals surface area contributed by atoms with E-state index in [1.165, 1.54) is 28.7 Å². The predicted octanol–water partition coefficient (Wildman–Crippen LogP) is 5.83. The maximum absolute atomic E-state index is 3.69. The molecule has 2 nitrogen and oxygen atoms in total. The highest BCUT2D eigenvalue weighted by molar-refractivity contribution is 5.85. The summed E-state index contributed by atoms with van der Waals surface area (Å²) in [4.78, 5) is 2.44. The molecule has 0 aromatic heterocycles. The Bertz CT molecular complexity index is 886. The standard InChI is InChI=1S/C26H30N2.2ClH/c1-28(20-22-11-4-2-5-12-22)18-10-17-26(24-14-6-3-7-15-24)21-27-19-23-13-8-9-16-25(23)26;;/h2-9,11-16,27H,10,17-21H2,1H3;2*1H. The van der Waals surface area contributed by atoms with Crippen LogP contribution in [0, 0.1) is 0 Å². The number of halogens is 2. The number of benzene rings is 3. The molecule has 0 spiro atoms. The SMILES string of the molecule is CN(CCCC1(c2ccccc2)CNCc2ccccc21)Cc1ccccc1.Cl.Cl. The fourth-order valence-electron chi connectivity index (χ4n) is 4.65. The molecule has 0 radical (unpaired) electrons. The van der Waals surface area contributed by atoms with Crippen molar-refractivity contribution in [3.05, 3.63) is 107 Å². The zero-order valence-corrected chi connectivity index (χ0v) is 19.2. The van der Waals surface area contributed by atoms with E-state index < -0.39 is 0 Å². The number of hydrogen-bond acceptors (Lipinski definition) is 2. The Morgan fingerprint density at radius 2 is 1.47 bits per heavy atom. The smallest absolute Gasteiger partial charge is 0.0331 e. The van der Waals surface area contributed by atoms with E-state index >= 15 is 0 Å². The third-order valence-electron chi connectivity index (χ3n) is 6.04. The summed E-state index contributed by atoms with van der Waals surface area (Å²) in [5.41, 5.74) is 5.82. The van der Waals surface area contributed by atoms with Crippen LogP contribution in [-0.4, -0.2) is 25.0 Å². The third kappa shape index (κ3) is 5.44. The van der Waals surface area contributed by atoms with Gasteiger partial charge in [0, 0.05) is 25.0 Å². The topological polar surface area (TPSA) is 15.3 Å². The molecule has 1 unspecified atom stereocenters. The third-order valence-corrected chi connectivity index (χ3v) is 6.04. The zero-order chi connectivity index (χ0) is 19.2. The van der Waals surface area contributed by atoms with Gasteiger partial charge in [0.15, 0.2) is 0 Å². The van der Waals surface area contributed by atoms with Gasteiger partial charge in [0.25, 0.3) is 0 Å². The minimum Gasteiger partial charge on any atom is -0.311 e. The molecule has 0 fully saturated rings. The summed E-state index contributed by atoms with van der Waals surface area (Å²) < 4.78 is 0. The molecular weight excluding hydrogens is 411 g/mol. The lowest BCUT2D eigenvalue weighted by Crippen LogP contribution is -2.44. The molecule has 0 aliphatic carbocycles. The summed E-state index contributed by atoms with van der Waals surface area (Å²) in [6, 6.07) is 30.8. The van der Waals surface area contributed by atoms with Gasteiger partial charge in [-0.1, -0.05) is 84.9 Å². The minimum absolute atomic E-state index is 0. The number of fused-ring (bicyclic) bond motifs is 1. The van der Waals surface area contributed by atoms with Gasteiger partial charge >= 0.3 is 0 Å². The summed E-state index contributed by atoms with van der Waals surface area (Å²) in [6.07, 6.45) is 2.33. The molecule has 1 N–H and O–H groups in total. The Kier molecular flexibility index (Phi) is 9.38. The van der Waals surface area contributed by atoms with Crippen LogP contribution in [0.1, 0.15) is 35.1 Å². The van der Waals surface area contributed by atoms with E-state index in [2.05, 4.69) is 102 Å². The van der Waals surface area contributed by atoms with Gasteiger partial charge < -0.3 is 10.2 Å². The molecule has 0 amide bonds. The maximum Gasteiger partial charge on any atom is 0.0331 e. The molecule has 30 heavy (non-hydrogen) atoms. The molecule has 0 saturated carbocycles. The first-order chi connectivity index (χ1) is 13.8. The fourth-order valence-corrected chi connectivity index (χ4v) is 4.65. The van der Waals surface area contributed by atoms with Gasteiger partial charge in [-0.2, -0.15) is 0 Å². The molecule has 1 aliphatic rings. The van der Waals surface area contributed by atoms with Gasteiger partial charge in [-0.25, -0.2) is 0 Å². The van der Waals surface area contributed by atoms with Crippen molar-refractivity contribution in [3.8, 4) is 0 Å². The largest absolute Gasteiger partial charge is 0.311 e. The Hall–Kier alpha value is -1.84. The van der Waals surface area contributed by atoms with Crippen LogP contribution in [0.3, 0.4) is 0 Å². The molecule has 4 heteroatoms. The maximum atomic E-state index is 3.69. The second-order valence-corrected chi connectivity index (χ2v) is 8.04. The number of rotatable bonds is 7. The predicted molar refractivity (Wildman–Crippen MR) is 132 cm³/mol. The van der Waals surface area contributed by atoms with Gasteiger partial charge in [0.05, 0.1) is 0 Å². The number of nitrogens with one attached hydrogen (secondary N) is 1. The monoisotopic (exact) mass is 442 g/mol. The second-order valence-electron chi connectivity index (χ2n) is 8.04. The second kappa shape index (κ2) is 11.5. The Morgan fingerprint density at radius 1 is 0.833 bits per heavy atom. The van der Waals surface area contributed by atoms with Crippen molar-refractivity contribution in [3.63, 3.8) is 0 Å². The number of hydrogen-bond donors (Lipinski definition) is 1. The summed E-state index contributed by atoms with van der Waals surface area (Å²) in [6.45, 7) is 4.09. The lowest BCUT2D eigenvalue weighted by Gasteiger charge is -2.41. The van der Waals surface area contributed by atoms with Crippen LogP contribution in [0.25, 0.3) is 0 Å². The van der Waals surface area contributed by atoms with Crippen molar-refractivity contribution in [1.29, 1.82) is 0 Å². The summed E-state index contributed by atoms with van der Waals surface area (Å²) in [7, 11) is 2.23. The van der Waals surface area contributed by atoms with Gasteiger partial charge in [0.2, 0.25) is 0 Å². The molecule has 1 atom stereocenters. The Balaban J connectivity index is 0.00000160. The van der Waals surface area contributed by atoms with Crippen molar-refractivity contribution < 1.29 is 0 Å². The Labute approximate surface area is 193 Å². The quantitative estimate of drug-likeness (QED) is 0.494. The van der Waals surface area contributed by atoms with Gasteiger partial charge in [0.1, 0.15) is 0 Å². The lowest BCUT2D eigenvalue weighted by atomic mass is 9.68. The van der Waals surface area contributed by atoms with E-state index in [-0.39, 0.29) is 30.2 Å². The molecule has 1 heterocycles. The summed E-state index contributed by atoms with van der Waals surface area (Å²) >= 11 is 0. The average molecular weight is 443 g/mol. The fraction of sp³-hybridized carbons (Fsp3) is 0.308.